The summed E-state index contributed by atoms with van der Waals surface area (Å²) >= 11 is 5.51. The van der Waals surface area contributed by atoms with Crippen LogP contribution in [0.3, 0.4) is 0 Å². The molecule has 0 saturated heterocycles. The molecule has 0 saturated carbocycles. The number of sulfonamides is 1. The van der Waals surface area contributed by atoms with Gasteiger partial charge in [-0.1, -0.05) is 23.8 Å². The van der Waals surface area contributed by atoms with Gasteiger partial charge < -0.3 is 0 Å². The van der Waals surface area contributed by atoms with E-state index in [1.807, 2.05) is 32.9 Å². The van der Waals surface area contributed by atoms with Crippen LogP contribution in [0, 0.1) is 13.8 Å². The molecule has 1 N–H and O–H groups in total. The van der Waals surface area contributed by atoms with E-state index in [4.69, 9.17) is 11.6 Å². The molecule has 1 atom stereocenters. The van der Waals surface area contributed by atoms with Crippen LogP contribution in [0.25, 0.3) is 0 Å². The monoisotopic (exact) mass is 289 g/mol. The van der Waals surface area contributed by atoms with Crippen LogP contribution in [0.15, 0.2) is 18.2 Å². The van der Waals surface area contributed by atoms with Crippen molar-refractivity contribution in [1.82, 2.24) is 4.72 Å². The van der Waals surface area contributed by atoms with Gasteiger partial charge in [-0.15, -0.1) is 11.6 Å². The van der Waals surface area contributed by atoms with Crippen LogP contribution >= 0.6 is 11.6 Å². The van der Waals surface area contributed by atoms with Crippen LogP contribution < -0.4 is 4.72 Å². The van der Waals surface area contributed by atoms with Gasteiger partial charge in [-0.3, -0.25) is 0 Å². The number of rotatable bonds is 6. The Kier molecular flexibility index (Phi) is 5.63. The first-order valence-corrected chi connectivity index (χ1v) is 8.17. The Balaban J connectivity index is 2.79. The lowest BCUT2D eigenvalue weighted by Crippen LogP contribution is -2.29. The Labute approximate surface area is 115 Å². The Bertz CT molecular complexity index is 500. The number of hydrogen-bond donors (Lipinski definition) is 1. The second kappa shape index (κ2) is 6.55. The molecule has 0 bridgehead atoms. The van der Waals surface area contributed by atoms with Crippen LogP contribution in [0.2, 0.25) is 0 Å². The molecule has 0 aliphatic carbocycles. The van der Waals surface area contributed by atoms with Gasteiger partial charge in [0.2, 0.25) is 10.0 Å². The average molecular weight is 290 g/mol. The third kappa shape index (κ3) is 4.59. The van der Waals surface area contributed by atoms with Gasteiger partial charge in [-0.25, -0.2) is 13.1 Å². The van der Waals surface area contributed by atoms with E-state index in [0.717, 1.165) is 11.1 Å². The Hall–Kier alpha value is -0.580. The number of aryl methyl sites for hydroxylation is 2. The third-order valence-corrected chi connectivity index (χ3v) is 4.60. The maximum absolute atomic E-state index is 11.8. The first-order valence-electron chi connectivity index (χ1n) is 5.99. The van der Waals surface area contributed by atoms with Gasteiger partial charge in [-0.2, -0.15) is 0 Å². The summed E-state index contributed by atoms with van der Waals surface area (Å²) in [4.78, 5) is 0. The van der Waals surface area contributed by atoms with Gasteiger partial charge in [-0.05, 0) is 38.3 Å². The van der Waals surface area contributed by atoms with Gasteiger partial charge in [0.05, 0.1) is 5.75 Å². The molecular formula is C13H20ClNO2S. The van der Waals surface area contributed by atoms with E-state index in [1.165, 1.54) is 5.56 Å². The lowest BCUT2D eigenvalue weighted by molar-refractivity contribution is 0.565. The van der Waals surface area contributed by atoms with Crippen molar-refractivity contribution in [2.75, 3.05) is 11.6 Å². The molecule has 1 aromatic rings. The highest BCUT2D eigenvalue weighted by Crippen LogP contribution is 2.19. The summed E-state index contributed by atoms with van der Waals surface area (Å²) in [6.07, 6.45) is 0.469. The lowest BCUT2D eigenvalue weighted by Gasteiger charge is -2.17. The number of benzene rings is 1. The minimum atomic E-state index is -3.25. The van der Waals surface area contributed by atoms with Crippen molar-refractivity contribution in [2.45, 2.75) is 33.2 Å². The zero-order valence-electron chi connectivity index (χ0n) is 11.0. The van der Waals surface area contributed by atoms with E-state index in [-0.39, 0.29) is 11.8 Å². The molecule has 1 rings (SSSR count). The highest BCUT2D eigenvalue weighted by Gasteiger charge is 2.16. The van der Waals surface area contributed by atoms with Gasteiger partial charge in [0.15, 0.2) is 0 Å². The zero-order chi connectivity index (χ0) is 13.8. The molecule has 102 valence electrons. The molecule has 5 heteroatoms. The zero-order valence-corrected chi connectivity index (χ0v) is 12.6. The summed E-state index contributed by atoms with van der Waals surface area (Å²) in [6, 6.07) is 5.80. The second-order valence-electron chi connectivity index (χ2n) is 4.56. The predicted octanol–water partition coefficient (Wildman–Crippen LogP) is 2.91. The fourth-order valence-electron chi connectivity index (χ4n) is 1.95. The molecule has 18 heavy (non-hydrogen) atoms. The van der Waals surface area contributed by atoms with Crippen molar-refractivity contribution in [1.29, 1.82) is 0 Å². The average Bonchev–Trinajstić information content (AvgIpc) is 2.25. The maximum Gasteiger partial charge on any atom is 0.212 e. The summed E-state index contributed by atoms with van der Waals surface area (Å²) in [5, 5.41) is 0. The van der Waals surface area contributed by atoms with Crippen molar-refractivity contribution >= 4 is 21.6 Å². The fraction of sp³-hybridized carbons (Fsp3) is 0.538. The van der Waals surface area contributed by atoms with E-state index in [1.54, 1.807) is 0 Å². The minimum Gasteiger partial charge on any atom is -0.212 e. The molecule has 0 heterocycles. The lowest BCUT2D eigenvalue weighted by atomic mass is 10.0. The van der Waals surface area contributed by atoms with E-state index < -0.39 is 10.0 Å². The standard InChI is InChI=1S/C13H20ClNO2S/c1-10-5-6-13(11(2)9-10)12(3)15-18(16,17)8-4-7-14/h5-6,9,12,15H,4,7-8H2,1-3H3. The normalized spacial score (nSPS) is 13.6. The van der Waals surface area contributed by atoms with E-state index in [2.05, 4.69) is 10.8 Å². The first-order chi connectivity index (χ1) is 8.35. The Morgan fingerprint density at radius 2 is 2.00 bits per heavy atom. The van der Waals surface area contributed by atoms with Crippen molar-refractivity contribution in [3.63, 3.8) is 0 Å². The Morgan fingerprint density at radius 3 is 2.56 bits per heavy atom. The van der Waals surface area contributed by atoms with Crippen molar-refractivity contribution in [2.24, 2.45) is 0 Å². The SMILES string of the molecule is Cc1ccc(C(C)NS(=O)(=O)CCCCl)c(C)c1. The molecular weight excluding hydrogens is 270 g/mol. The van der Waals surface area contributed by atoms with Gasteiger partial charge in [0.1, 0.15) is 0 Å². The van der Waals surface area contributed by atoms with Crippen LogP contribution in [0.1, 0.15) is 36.1 Å². The summed E-state index contributed by atoms with van der Waals surface area (Å²) in [5.74, 6) is 0.435. The molecule has 0 fully saturated rings. The molecule has 1 aromatic carbocycles. The molecule has 0 aliphatic heterocycles. The van der Waals surface area contributed by atoms with Crippen LogP contribution in [-0.4, -0.2) is 20.1 Å². The molecule has 0 aliphatic rings. The smallest absolute Gasteiger partial charge is 0.212 e. The largest absolute Gasteiger partial charge is 0.212 e. The molecule has 0 spiro atoms. The number of hydrogen-bond acceptors (Lipinski definition) is 2. The van der Waals surface area contributed by atoms with E-state index in [9.17, 15) is 8.42 Å². The quantitative estimate of drug-likeness (QED) is 0.819. The van der Waals surface area contributed by atoms with Crippen molar-refractivity contribution in [3.8, 4) is 0 Å². The third-order valence-electron chi connectivity index (χ3n) is 2.79. The maximum atomic E-state index is 11.8. The van der Waals surface area contributed by atoms with Crippen molar-refractivity contribution < 1.29 is 8.42 Å². The van der Waals surface area contributed by atoms with Gasteiger partial charge in [0.25, 0.3) is 0 Å². The highest BCUT2D eigenvalue weighted by atomic mass is 35.5. The number of halogens is 1. The van der Waals surface area contributed by atoms with Crippen LogP contribution in [0.4, 0.5) is 0 Å². The van der Waals surface area contributed by atoms with E-state index >= 15 is 0 Å². The molecule has 0 aromatic heterocycles. The first kappa shape index (κ1) is 15.5. The summed E-state index contributed by atoms with van der Waals surface area (Å²) in [5.41, 5.74) is 3.28. The van der Waals surface area contributed by atoms with Crippen molar-refractivity contribution in [3.05, 3.63) is 34.9 Å². The van der Waals surface area contributed by atoms with Gasteiger partial charge in [0, 0.05) is 11.9 Å². The highest BCUT2D eigenvalue weighted by molar-refractivity contribution is 7.89. The predicted molar refractivity (Wildman–Crippen MR) is 76.6 cm³/mol. The second-order valence-corrected chi connectivity index (χ2v) is 6.81. The van der Waals surface area contributed by atoms with Crippen LogP contribution in [-0.2, 0) is 10.0 Å². The molecule has 0 amide bonds. The number of nitrogens with one attached hydrogen (secondary N) is 1. The summed E-state index contributed by atoms with van der Waals surface area (Å²) < 4.78 is 26.2. The molecule has 0 radical (unpaired) electrons. The summed E-state index contributed by atoms with van der Waals surface area (Å²) in [7, 11) is -3.25. The number of alkyl halides is 1. The van der Waals surface area contributed by atoms with E-state index in [0.29, 0.717) is 12.3 Å². The fourth-order valence-corrected chi connectivity index (χ4v) is 3.55. The summed E-state index contributed by atoms with van der Waals surface area (Å²) in [6.45, 7) is 5.87. The Morgan fingerprint density at radius 1 is 1.33 bits per heavy atom. The minimum absolute atomic E-state index is 0.0751. The van der Waals surface area contributed by atoms with Crippen LogP contribution in [0.5, 0.6) is 0 Å². The molecule has 1 unspecified atom stereocenters. The topological polar surface area (TPSA) is 46.2 Å². The molecule has 3 nitrogen and oxygen atoms in total. The van der Waals surface area contributed by atoms with Gasteiger partial charge >= 0.3 is 0 Å².